The number of nitrogens with one attached hydrogen (secondary N) is 1. The van der Waals surface area contributed by atoms with E-state index >= 15 is 0 Å². The van der Waals surface area contributed by atoms with Crippen LogP contribution < -0.4 is 10.1 Å². The van der Waals surface area contributed by atoms with Crippen molar-refractivity contribution in [1.29, 1.82) is 0 Å². The molecule has 0 bridgehead atoms. The molecule has 1 aliphatic heterocycles. The number of pyridine rings is 1. The fraction of sp³-hybridized carbons (Fsp3) is 0.647. The predicted octanol–water partition coefficient (Wildman–Crippen LogP) is 2.33. The van der Waals surface area contributed by atoms with Gasteiger partial charge in [-0.25, -0.2) is 4.98 Å². The molecule has 1 saturated heterocycles. The topological polar surface area (TPSA) is 54.5 Å². The molecular formula is C17H27N3O2. The van der Waals surface area contributed by atoms with Crippen molar-refractivity contribution in [2.75, 3.05) is 26.2 Å². The van der Waals surface area contributed by atoms with Gasteiger partial charge in [0.15, 0.2) is 0 Å². The summed E-state index contributed by atoms with van der Waals surface area (Å²) in [6, 6.07) is 3.85. The molecule has 5 heteroatoms. The number of rotatable bonds is 6. The molecule has 1 unspecified atom stereocenters. The number of carbonyl (C=O) groups is 1. The van der Waals surface area contributed by atoms with Crippen molar-refractivity contribution in [3.05, 3.63) is 23.9 Å². The Bertz CT molecular complexity index is 467. The van der Waals surface area contributed by atoms with Crippen LogP contribution in [-0.2, 0) is 0 Å². The molecule has 22 heavy (non-hydrogen) atoms. The summed E-state index contributed by atoms with van der Waals surface area (Å²) in [7, 11) is 0. The zero-order valence-corrected chi connectivity index (χ0v) is 13.8. The molecular weight excluding hydrogens is 278 g/mol. The smallest absolute Gasteiger partial charge is 0.252 e. The molecule has 0 radical (unpaired) electrons. The minimum atomic E-state index is -0.0761. The minimum absolute atomic E-state index is 0.0761. The Morgan fingerprint density at radius 2 is 2.18 bits per heavy atom. The molecule has 2 rings (SSSR count). The molecule has 1 aromatic heterocycles. The number of hydrogen-bond donors (Lipinski definition) is 1. The van der Waals surface area contributed by atoms with Crippen molar-refractivity contribution in [2.24, 2.45) is 5.92 Å². The third-order valence-corrected chi connectivity index (χ3v) is 4.29. The van der Waals surface area contributed by atoms with Gasteiger partial charge in [-0.15, -0.1) is 0 Å². The lowest BCUT2D eigenvalue weighted by Crippen LogP contribution is -2.45. The summed E-state index contributed by atoms with van der Waals surface area (Å²) in [6.45, 7) is 9.89. The predicted molar refractivity (Wildman–Crippen MR) is 87.2 cm³/mol. The number of aromatic nitrogens is 1. The summed E-state index contributed by atoms with van der Waals surface area (Å²) in [5.74, 6) is 1.30. The minimum Gasteiger partial charge on any atom is -0.478 e. The normalized spacial score (nSPS) is 18.0. The second-order valence-corrected chi connectivity index (χ2v) is 6.10. The van der Waals surface area contributed by atoms with Crippen molar-refractivity contribution in [3.63, 3.8) is 0 Å². The number of ether oxygens (including phenoxy) is 1. The monoisotopic (exact) mass is 305 g/mol. The first kappa shape index (κ1) is 16.7. The number of hydrogen-bond acceptors (Lipinski definition) is 4. The zero-order valence-electron chi connectivity index (χ0n) is 13.8. The Morgan fingerprint density at radius 3 is 2.77 bits per heavy atom. The van der Waals surface area contributed by atoms with Crippen LogP contribution in [0.15, 0.2) is 18.3 Å². The first-order valence-electron chi connectivity index (χ1n) is 8.21. The van der Waals surface area contributed by atoms with Gasteiger partial charge in [-0.1, -0.05) is 6.92 Å². The molecule has 2 heterocycles. The van der Waals surface area contributed by atoms with E-state index in [4.69, 9.17) is 4.74 Å². The molecule has 0 spiro atoms. The van der Waals surface area contributed by atoms with Crippen molar-refractivity contribution in [3.8, 4) is 5.88 Å². The highest BCUT2D eigenvalue weighted by molar-refractivity contribution is 5.93. The fourth-order valence-corrected chi connectivity index (χ4v) is 2.69. The van der Waals surface area contributed by atoms with Crippen LogP contribution in [0.25, 0.3) is 0 Å². The lowest BCUT2D eigenvalue weighted by Gasteiger charge is -2.35. The van der Waals surface area contributed by atoms with Gasteiger partial charge in [0.05, 0.1) is 12.2 Å². The van der Waals surface area contributed by atoms with Crippen LogP contribution in [0.5, 0.6) is 5.88 Å². The first-order chi connectivity index (χ1) is 10.6. The highest BCUT2D eigenvalue weighted by Gasteiger charge is 2.20. The first-order valence-corrected chi connectivity index (χ1v) is 8.21. The molecule has 1 atom stereocenters. The molecule has 0 saturated carbocycles. The van der Waals surface area contributed by atoms with E-state index in [0.29, 0.717) is 30.6 Å². The molecule has 1 amide bonds. The largest absolute Gasteiger partial charge is 0.478 e. The van der Waals surface area contributed by atoms with Gasteiger partial charge < -0.3 is 10.1 Å². The van der Waals surface area contributed by atoms with E-state index in [-0.39, 0.29) is 5.91 Å². The fourth-order valence-electron chi connectivity index (χ4n) is 2.69. The SMILES string of the molecule is CCOc1ccc(C(=O)NCC(C)N2CCC(C)CC2)cn1. The summed E-state index contributed by atoms with van der Waals surface area (Å²) in [5.41, 5.74) is 0.572. The number of nitrogens with zero attached hydrogens (tertiary/aromatic N) is 2. The van der Waals surface area contributed by atoms with Gasteiger partial charge in [-0.3, -0.25) is 9.69 Å². The Labute approximate surface area is 133 Å². The number of amides is 1. The van der Waals surface area contributed by atoms with Gasteiger partial charge in [0, 0.05) is 24.8 Å². The highest BCUT2D eigenvalue weighted by atomic mass is 16.5. The molecule has 1 aromatic rings. The molecule has 0 aromatic carbocycles. The van der Waals surface area contributed by atoms with Crippen LogP contribution in [0.1, 0.15) is 44.0 Å². The maximum absolute atomic E-state index is 12.1. The van der Waals surface area contributed by atoms with Crippen molar-refractivity contribution < 1.29 is 9.53 Å². The van der Waals surface area contributed by atoms with E-state index in [1.54, 1.807) is 18.3 Å². The second kappa shape index (κ2) is 8.13. The van der Waals surface area contributed by atoms with Crippen LogP contribution in [0.4, 0.5) is 0 Å². The van der Waals surface area contributed by atoms with Crippen LogP contribution in [-0.4, -0.2) is 48.1 Å². The van der Waals surface area contributed by atoms with Crippen LogP contribution in [0, 0.1) is 5.92 Å². The van der Waals surface area contributed by atoms with Gasteiger partial charge in [0.25, 0.3) is 5.91 Å². The Hall–Kier alpha value is -1.62. The van der Waals surface area contributed by atoms with Crippen LogP contribution in [0.2, 0.25) is 0 Å². The molecule has 1 fully saturated rings. The average molecular weight is 305 g/mol. The maximum atomic E-state index is 12.1. The molecule has 0 aliphatic carbocycles. The lowest BCUT2D eigenvalue weighted by atomic mass is 9.98. The van der Waals surface area contributed by atoms with E-state index in [1.807, 2.05) is 6.92 Å². The maximum Gasteiger partial charge on any atom is 0.252 e. The lowest BCUT2D eigenvalue weighted by molar-refractivity contribution is 0.0921. The summed E-state index contributed by atoms with van der Waals surface area (Å²) < 4.78 is 5.28. The Kier molecular flexibility index (Phi) is 6.19. The number of likely N-dealkylation sites (tertiary alicyclic amines) is 1. The second-order valence-electron chi connectivity index (χ2n) is 6.10. The third kappa shape index (κ3) is 4.70. The van der Waals surface area contributed by atoms with Gasteiger partial charge >= 0.3 is 0 Å². The van der Waals surface area contributed by atoms with Gasteiger partial charge in [-0.2, -0.15) is 0 Å². The van der Waals surface area contributed by atoms with Gasteiger partial charge in [-0.05, 0) is 51.8 Å². The summed E-state index contributed by atoms with van der Waals surface area (Å²) in [5, 5.41) is 3.00. The van der Waals surface area contributed by atoms with Crippen LogP contribution >= 0.6 is 0 Å². The molecule has 1 aliphatic rings. The van der Waals surface area contributed by atoms with Gasteiger partial charge in [0.1, 0.15) is 0 Å². The molecule has 122 valence electrons. The number of piperidine rings is 1. The summed E-state index contributed by atoms with van der Waals surface area (Å²) >= 11 is 0. The van der Waals surface area contributed by atoms with E-state index in [1.165, 1.54) is 12.8 Å². The van der Waals surface area contributed by atoms with Crippen molar-refractivity contribution in [1.82, 2.24) is 15.2 Å². The van der Waals surface area contributed by atoms with E-state index in [2.05, 4.69) is 29.0 Å². The summed E-state index contributed by atoms with van der Waals surface area (Å²) in [6.07, 6.45) is 4.07. The number of carbonyl (C=O) groups excluding carboxylic acids is 1. The third-order valence-electron chi connectivity index (χ3n) is 4.29. The highest BCUT2D eigenvalue weighted by Crippen LogP contribution is 2.17. The van der Waals surface area contributed by atoms with E-state index in [9.17, 15) is 4.79 Å². The van der Waals surface area contributed by atoms with Gasteiger partial charge in [0.2, 0.25) is 5.88 Å². The molecule has 5 nitrogen and oxygen atoms in total. The van der Waals surface area contributed by atoms with Crippen LogP contribution in [0.3, 0.4) is 0 Å². The molecule has 1 N–H and O–H groups in total. The van der Waals surface area contributed by atoms with E-state index in [0.717, 1.165) is 19.0 Å². The summed E-state index contributed by atoms with van der Waals surface area (Å²) in [4.78, 5) is 18.7. The standard InChI is InChI=1S/C17H27N3O2/c1-4-22-16-6-5-15(12-18-16)17(21)19-11-14(3)20-9-7-13(2)8-10-20/h5-6,12-14H,4,7-11H2,1-3H3,(H,19,21). The quantitative estimate of drug-likeness (QED) is 0.876. The van der Waals surface area contributed by atoms with E-state index < -0.39 is 0 Å². The average Bonchev–Trinajstić information content (AvgIpc) is 2.54. The van der Waals surface area contributed by atoms with Crippen molar-refractivity contribution >= 4 is 5.91 Å². The Balaban J connectivity index is 1.79. The zero-order chi connectivity index (χ0) is 15.9. The van der Waals surface area contributed by atoms with Crippen molar-refractivity contribution in [2.45, 2.75) is 39.7 Å². The Morgan fingerprint density at radius 1 is 1.45 bits per heavy atom.